The molecule has 0 aromatic carbocycles. The van der Waals surface area contributed by atoms with Crippen LogP contribution in [-0.4, -0.2) is 91.1 Å². The van der Waals surface area contributed by atoms with E-state index in [1.165, 1.54) is 0 Å². The first-order valence-electron chi connectivity index (χ1n) is 25.4. The molecule has 0 bridgehead atoms. The number of aryl methyl sites for hydroxylation is 1. The van der Waals surface area contributed by atoms with Crippen LogP contribution in [0.3, 0.4) is 0 Å². The molecule has 0 spiro atoms. The van der Waals surface area contributed by atoms with Crippen LogP contribution in [0.15, 0.2) is 63.9 Å². The van der Waals surface area contributed by atoms with Crippen molar-refractivity contribution >= 4 is 42.6 Å². The standard InChI is InChI=1S/C54H94NO11PSi2/c1-21-61-67(58,62-22-2)36-51(57)63-50(44(13)53(59-18)43(12)28-23-25-40(9)31-47-35-60-45(14)55-47)34-49(65-69(37(3)4,38(5)6)39(7)8)42(11)27-24-26-41(10)48-32-46(29-30-56)33-52(64-48)66-68(19,20)54(15,16)17/h23-28,30-31,35,37-39,41,44,46,48-50,52-53H,21-22,29,32-34,36H2,1-20H3/b25-23+,26-24+,40-31+,42-27+,43-28+/t41-,44+,46-,48-,49+,50+,52-,53+/m1/s1. The average Bonchev–Trinajstić information content (AvgIpc) is 3.64. The monoisotopic (exact) mass is 1020 g/mol. The number of hydrogen-bond donors (Lipinski definition) is 0. The summed E-state index contributed by atoms with van der Waals surface area (Å²) in [5.41, 5.74) is 4.49. The summed E-state index contributed by atoms with van der Waals surface area (Å²) in [4.78, 5) is 30.2. The molecule has 0 amide bonds. The van der Waals surface area contributed by atoms with Gasteiger partial charge in [0.05, 0.1) is 31.5 Å². The van der Waals surface area contributed by atoms with E-state index in [1.54, 1.807) is 27.2 Å². The number of allylic oxidation sites excluding steroid dienone is 6. The van der Waals surface area contributed by atoms with Crippen LogP contribution in [0.25, 0.3) is 6.08 Å². The largest absolute Gasteiger partial charge is 0.461 e. The van der Waals surface area contributed by atoms with E-state index in [2.05, 4.69) is 112 Å². The third-order valence-electron chi connectivity index (χ3n) is 14.2. The van der Waals surface area contributed by atoms with Gasteiger partial charge in [-0.2, -0.15) is 0 Å². The first-order valence-corrected chi connectivity index (χ1v) is 32.2. The zero-order valence-corrected chi connectivity index (χ0v) is 49.3. The molecule has 0 unspecified atom stereocenters. The number of esters is 1. The first-order chi connectivity index (χ1) is 32.1. The van der Waals surface area contributed by atoms with Gasteiger partial charge in [0.1, 0.15) is 36.8 Å². The Bertz CT molecular complexity index is 1910. The van der Waals surface area contributed by atoms with Crippen molar-refractivity contribution in [2.45, 2.75) is 209 Å². The molecule has 12 nitrogen and oxygen atoms in total. The van der Waals surface area contributed by atoms with Gasteiger partial charge >= 0.3 is 13.6 Å². The summed E-state index contributed by atoms with van der Waals surface area (Å²) >= 11 is 0. The summed E-state index contributed by atoms with van der Waals surface area (Å²) in [6.45, 7) is 40.5. The highest BCUT2D eigenvalue weighted by atomic mass is 31.2. The minimum Gasteiger partial charge on any atom is -0.461 e. The lowest BCUT2D eigenvalue weighted by atomic mass is 9.87. The smallest absolute Gasteiger partial charge is 0.341 e. The van der Waals surface area contributed by atoms with Gasteiger partial charge in [0, 0.05) is 45.1 Å². The van der Waals surface area contributed by atoms with Crippen LogP contribution in [0.5, 0.6) is 0 Å². The first kappa shape index (κ1) is 62.6. The van der Waals surface area contributed by atoms with E-state index < -0.39 is 54.7 Å². The lowest BCUT2D eigenvalue weighted by Crippen LogP contribution is -2.51. The molecule has 1 aliphatic heterocycles. The number of aromatic nitrogens is 1. The van der Waals surface area contributed by atoms with Gasteiger partial charge in [-0.3, -0.25) is 9.36 Å². The number of methoxy groups -OCH3 is 1. The van der Waals surface area contributed by atoms with Gasteiger partial charge in [-0.25, -0.2) is 4.98 Å². The Morgan fingerprint density at radius 3 is 2.03 bits per heavy atom. The zero-order chi connectivity index (χ0) is 52.5. The van der Waals surface area contributed by atoms with Gasteiger partial charge in [0.15, 0.2) is 14.2 Å². The van der Waals surface area contributed by atoms with Crippen LogP contribution in [0.4, 0.5) is 0 Å². The number of oxazole rings is 1. The summed E-state index contributed by atoms with van der Waals surface area (Å²) in [6, 6.07) is 0. The van der Waals surface area contributed by atoms with Gasteiger partial charge < -0.3 is 41.3 Å². The molecule has 1 saturated heterocycles. The fourth-order valence-electron chi connectivity index (χ4n) is 9.50. The fourth-order valence-corrected chi connectivity index (χ4v) is 17.7. The highest BCUT2D eigenvalue weighted by Gasteiger charge is 2.48. The van der Waals surface area contributed by atoms with E-state index >= 15 is 0 Å². The lowest BCUT2D eigenvalue weighted by molar-refractivity contribution is -0.177. The van der Waals surface area contributed by atoms with E-state index in [9.17, 15) is 14.2 Å². The molecule has 1 fully saturated rings. The van der Waals surface area contributed by atoms with Crippen molar-refractivity contribution in [3.05, 3.63) is 71.0 Å². The Hall–Kier alpha value is -2.53. The quantitative estimate of drug-likeness (QED) is 0.0248. The number of hydrogen-bond acceptors (Lipinski definition) is 12. The molecule has 8 atom stereocenters. The minimum absolute atomic E-state index is 0.0224. The number of ether oxygens (including phenoxy) is 3. The van der Waals surface area contributed by atoms with Crippen LogP contribution in [-0.2, 0) is 46.3 Å². The summed E-state index contributed by atoms with van der Waals surface area (Å²) in [5, 5.41) is 0.0224. The number of carbonyl (C=O) groups is 2. The summed E-state index contributed by atoms with van der Waals surface area (Å²) < 4.78 is 63.9. The van der Waals surface area contributed by atoms with E-state index in [0.29, 0.717) is 25.2 Å². The van der Waals surface area contributed by atoms with Crippen molar-refractivity contribution in [3.8, 4) is 0 Å². The molecule has 0 aliphatic carbocycles. The van der Waals surface area contributed by atoms with Crippen molar-refractivity contribution in [3.63, 3.8) is 0 Å². The third-order valence-corrected chi connectivity index (χ3v) is 26.7. The maximum atomic E-state index is 14.0. The second-order valence-corrected chi connectivity index (χ2v) is 33.9. The topological polar surface area (TPSA) is 142 Å². The highest BCUT2D eigenvalue weighted by molar-refractivity contribution is 7.54. The molecule has 394 valence electrons. The summed E-state index contributed by atoms with van der Waals surface area (Å²) in [7, 11) is -6.77. The van der Waals surface area contributed by atoms with E-state index in [1.807, 2.05) is 52.0 Å². The van der Waals surface area contributed by atoms with E-state index in [0.717, 1.165) is 35.1 Å². The number of carbonyl (C=O) groups excluding carboxylic acids is 2. The van der Waals surface area contributed by atoms with Crippen LogP contribution < -0.4 is 0 Å². The summed E-state index contributed by atoms with van der Waals surface area (Å²) in [6.07, 6.45) is 16.5. The Labute approximate surface area is 420 Å². The lowest BCUT2D eigenvalue weighted by Gasteiger charge is -2.45. The maximum Gasteiger partial charge on any atom is 0.341 e. The molecule has 0 saturated carbocycles. The van der Waals surface area contributed by atoms with Gasteiger partial charge in [-0.05, 0) is 105 Å². The Morgan fingerprint density at radius 2 is 1.52 bits per heavy atom. The maximum absolute atomic E-state index is 14.0. The predicted octanol–water partition coefficient (Wildman–Crippen LogP) is 14.5. The summed E-state index contributed by atoms with van der Waals surface area (Å²) in [5.74, 6) is -0.235. The van der Waals surface area contributed by atoms with Crippen molar-refractivity contribution in [2.75, 3.05) is 26.5 Å². The molecule has 0 radical (unpaired) electrons. The number of nitrogens with zero attached hydrogens (tertiary/aromatic N) is 1. The molecule has 1 aromatic rings. The van der Waals surface area contributed by atoms with Gasteiger partial charge in [-0.1, -0.05) is 113 Å². The van der Waals surface area contributed by atoms with Gasteiger partial charge in [0.2, 0.25) is 8.32 Å². The Balaban J connectivity index is 2.70. The predicted molar refractivity (Wildman–Crippen MR) is 286 cm³/mol. The molecular formula is C54H94NO11PSi2. The highest BCUT2D eigenvalue weighted by Crippen LogP contribution is 2.49. The SMILES string of the molecule is CCOP(=O)(CC(=O)O[C@@H](C[C@H](O[Si](C(C)C)(C(C)C)C(C)C)/C(C)=C/C=C/[C@@H](C)[C@H]1C[C@@H](CC=O)C[C@@H](O[Si](C)(C)C(C)(C)C)O1)[C@H](C)[C@@H](OC)/C(C)=C/C=C/C(C)=C/c1coc(C)n1)OCC. The molecule has 0 N–H and O–H groups in total. The van der Waals surface area contributed by atoms with Crippen LogP contribution in [0.2, 0.25) is 34.8 Å². The van der Waals surface area contributed by atoms with Gasteiger partial charge in [-0.15, -0.1) is 0 Å². The van der Waals surface area contributed by atoms with Crippen molar-refractivity contribution in [1.29, 1.82) is 0 Å². The van der Waals surface area contributed by atoms with Crippen molar-refractivity contribution < 1.29 is 50.7 Å². The molecule has 2 rings (SSSR count). The second-order valence-electron chi connectivity index (χ2n) is 21.6. The van der Waals surface area contributed by atoms with E-state index in [-0.39, 0.29) is 65.0 Å². The molecule has 2 heterocycles. The van der Waals surface area contributed by atoms with Gasteiger partial charge in [0.25, 0.3) is 0 Å². The van der Waals surface area contributed by atoms with E-state index in [4.69, 9.17) is 36.5 Å². The number of aldehydes is 1. The minimum atomic E-state index is -3.77. The third kappa shape index (κ3) is 19.1. The molecular weight excluding hydrogens is 926 g/mol. The van der Waals surface area contributed by atoms with Crippen LogP contribution in [0.1, 0.15) is 148 Å². The molecule has 15 heteroatoms. The second kappa shape index (κ2) is 28.6. The Morgan fingerprint density at radius 1 is 0.928 bits per heavy atom. The molecule has 69 heavy (non-hydrogen) atoms. The van der Waals surface area contributed by atoms with Crippen molar-refractivity contribution in [2.24, 2.45) is 17.8 Å². The number of rotatable bonds is 29. The van der Waals surface area contributed by atoms with Crippen LogP contribution >= 0.6 is 7.60 Å². The van der Waals surface area contributed by atoms with Crippen LogP contribution in [0, 0.1) is 24.7 Å². The molecule has 1 aliphatic rings. The average molecular weight is 1020 g/mol. The normalized spacial score (nSPS) is 20.9. The fraction of sp³-hybridized carbons (Fsp3) is 0.722. The van der Waals surface area contributed by atoms with Crippen molar-refractivity contribution in [1.82, 2.24) is 4.98 Å². The molecule has 1 aromatic heterocycles. The Kier molecular flexibility index (Phi) is 26.0. The zero-order valence-electron chi connectivity index (χ0n) is 46.4.